The van der Waals surface area contributed by atoms with Crippen molar-refractivity contribution in [3.05, 3.63) is 0 Å². The van der Waals surface area contributed by atoms with E-state index < -0.39 is 17.7 Å². The third kappa shape index (κ3) is 10.6. The lowest BCUT2D eigenvalue weighted by Gasteiger charge is -2.39. The van der Waals surface area contributed by atoms with E-state index in [1.807, 2.05) is 11.8 Å². The summed E-state index contributed by atoms with van der Waals surface area (Å²) in [5.74, 6) is 0.675. The number of carbonyl (C=O) groups excluding carboxylic acids is 2. The molecule has 0 aromatic rings. The van der Waals surface area contributed by atoms with Crippen LogP contribution in [-0.2, 0) is 23.7 Å². The molecule has 3 saturated heterocycles. The van der Waals surface area contributed by atoms with E-state index in [9.17, 15) is 14.9 Å². The number of fused-ring (bicyclic) bond motifs is 2. The van der Waals surface area contributed by atoms with Crippen LogP contribution in [0, 0.1) is 23.2 Å². The van der Waals surface area contributed by atoms with Crippen LogP contribution in [-0.4, -0.2) is 118 Å². The largest absolute Gasteiger partial charge is 0.449 e. The van der Waals surface area contributed by atoms with Gasteiger partial charge in [0.15, 0.2) is 0 Å². The van der Waals surface area contributed by atoms with Gasteiger partial charge >= 0.3 is 6.09 Å². The Balaban J connectivity index is 1.44. The number of nitriles is 1. The van der Waals surface area contributed by atoms with Crippen LogP contribution < -0.4 is 10.6 Å². The van der Waals surface area contributed by atoms with Gasteiger partial charge in [0.2, 0.25) is 11.9 Å². The molecule has 0 aromatic heterocycles. The number of alkyl carbamates (subject to hydrolysis) is 1. The molecule has 1 saturated carbocycles. The van der Waals surface area contributed by atoms with Crippen molar-refractivity contribution in [2.75, 3.05) is 72.9 Å². The maximum absolute atomic E-state index is 14.0. The third-order valence-corrected chi connectivity index (χ3v) is 9.16. The Morgan fingerprint density at radius 1 is 1.21 bits per heavy atom. The Hall–Kier alpha value is -2.46. The van der Waals surface area contributed by atoms with Crippen LogP contribution >= 0.6 is 0 Å². The molecule has 2 amide bonds. The Morgan fingerprint density at radius 3 is 2.74 bits per heavy atom. The molecule has 242 valence electrons. The minimum absolute atomic E-state index is 0.00198. The van der Waals surface area contributed by atoms with Crippen molar-refractivity contribution in [3.63, 3.8) is 0 Å². The number of cyclic esters (lactones) is 1. The van der Waals surface area contributed by atoms with E-state index >= 15 is 0 Å². The van der Waals surface area contributed by atoms with Gasteiger partial charge in [-0.2, -0.15) is 5.26 Å². The Bertz CT molecular complexity index is 959. The lowest BCUT2D eigenvalue weighted by atomic mass is 9.84. The van der Waals surface area contributed by atoms with Gasteiger partial charge in [-0.05, 0) is 43.9 Å². The van der Waals surface area contributed by atoms with Gasteiger partial charge in [0.1, 0.15) is 11.6 Å². The molecule has 43 heavy (non-hydrogen) atoms. The van der Waals surface area contributed by atoms with E-state index in [-0.39, 0.29) is 17.9 Å². The second kappa shape index (κ2) is 17.1. The number of rotatable bonds is 12. The van der Waals surface area contributed by atoms with Crippen LogP contribution in [0.1, 0.15) is 71.1 Å². The number of nitrogens with zero attached hydrogens (tertiary/aromatic N) is 4. The van der Waals surface area contributed by atoms with Gasteiger partial charge in [-0.1, -0.05) is 39.0 Å². The second-order valence-electron chi connectivity index (χ2n) is 12.7. The molecule has 2 bridgehead atoms. The number of amides is 2. The topological polar surface area (TPSA) is 138 Å². The lowest BCUT2D eigenvalue weighted by molar-refractivity contribution is -0.124. The number of carbonyl (C=O) groups is 2. The van der Waals surface area contributed by atoms with E-state index in [0.29, 0.717) is 77.3 Å². The molecule has 1 aliphatic carbocycles. The fourth-order valence-electron chi connectivity index (χ4n) is 6.59. The van der Waals surface area contributed by atoms with E-state index in [1.165, 1.54) is 6.42 Å². The first kappa shape index (κ1) is 33.4. The molecule has 3 unspecified atom stereocenters. The van der Waals surface area contributed by atoms with Crippen molar-refractivity contribution in [3.8, 4) is 6.07 Å². The Kier molecular flexibility index (Phi) is 13.3. The molecule has 3 aliphatic heterocycles. The zero-order valence-corrected chi connectivity index (χ0v) is 26.2. The number of nitrogens with one attached hydrogen (secondary N) is 2. The molecule has 0 radical (unpaired) electrons. The highest BCUT2D eigenvalue weighted by atomic mass is 16.5. The van der Waals surface area contributed by atoms with Crippen LogP contribution in [0.5, 0.6) is 0 Å². The highest BCUT2D eigenvalue weighted by Gasteiger charge is 2.39. The first-order chi connectivity index (χ1) is 20.9. The molecule has 0 spiro atoms. The fraction of sp³-hybridized carbons (Fsp3) is 0.871. The van der Waals surface area contributed by atoms with Crippen LogP contribution in [0.15, 0.2) is 4.99 Å². The molecule has 2 N–H and O–H groups in total. The Labute approximate surface area is 256 Å². The number of likely N-dealkylation sites (tertiary alicyclic amines) is 1. The van der Waals surface area contributed by atoms with Gasteiger partial charge < -0.3 is 34.1 Å². The highest BCUT2D eigenvalue weighted by Crippen LogP contribution is 2.29. The summed E-state index contributed by atoms with van der Waals surface area (Å²) in [5.41, 5.74) is -0.934. The van der Waals surface area contributed by atoms with Gasteiger partial charge in [-0.15, -0.1) is 0 Å². The zero-order valence-electron chi connectivity index (χ0n) is 26.2. The quantitative estimate of drug-likeness (QED) is 0.322. The number of hydrogen-bond donors (Lipinski definition) is 2. The lowest BCUT2D eigenvalue weighted by Crippen LogP contribution is -2.57. The third-order valence-electron chi connectivity index (χ3n) is 9.16. The van der Waals surface area contributed by atoms with Gasteiger partial charge in [0.25, 0.3) is 0 Å². The predicted octanol–water partition coefficient (Wildman–Crippen LogP) is 2.68. The predicted molar refractivity (Wildman–Crippen MR) is 161 cm³/mol. The van der Waals surface area contributed by atoms with Crippen molar-refractivity contribution >= 4 is 18.0 Å². The summed E-state index contributed by atoms with van der Waals surface area (Å²) in [5, 5.41) is 16.2. The second-order valence-corrected chi connectivity index (χ2v) is 12.7. The summed E-state index contributed by atoms with van der Waals surface area (Å²) in [6, 6.07) is 1.72. The fourth-order valence-corrected chi connectivity index (χ4v) is 6.59. The number of hydrogen-bond acceptors (Lipinski definition) is 9. The van der Waals surface area contributed by atoms with Crippen molar-refractivity contribution in [1.29, 1.82) is 5.26 Å². The summed E-state index contributed by atoms with van der Waals surface area (Å²) in [6.45, 7) is 8.24. The number of piperidine rings is 1. The first-order valence-electron chi connectivity index (χ1n) is 16.3. The smallest absolute Gasteiger partial charge is 0.413 e. The van der Waals surface area contributed by atoms with E-state index in [0.717, 1.165) is 58.2 Å². The summed E-state index contributed by atoms with van der Waals surface area (Å²) in [7, 11) is 1.66. The molecule has 12 heteroatoms. The zero-order chi connectivity index (χ0) is 30.5. The summed E-state index contributed by atoms with van der Waals surface area (Å²) >= 11 is 0. The maximum atomic E-state index is 14.0. The maximum Gasteiger partial charge on any atom is 0.413 e. The Morgan fingerprint density at radius 2 is 2.00 bits per heavy atom. The summed E-state index contributed by atoms with van der Waals surface area (Å²) in [4.78, 5) is 36.0. The van der Waals surface area contributed by atoms with Gasteiger partial charge in [0, 0.05) is 46.4 Å². The number of aliphatic imine (C=N–C) groups is 1. The number of ether oxygens (including phenoxy) is 4. The van der Waals surface area contributed by atoms with Crippen LogP contribution in [0.3, 0.4) is 0 Å². The monoisotopic (exact) mass is 604 g/mol. The molecular weight excluding hydrogens is 552 g/mol. The minimum atomic E-state index is -0.934. The standard InChI is InChI=1S/C31H52N6O6/c1-24-19-26-21-37(14-16-42-26)29(34-30(39)43-22-24)33-27(20-25-7-4-3-5-8-25)28(38)35-31(23-32)9-12-36(13-10-31)11-6-15-41-18-17-40-2/h24-27H,3-22H2,1-2H3,(H,35,38)(H,33,34,39). The van der Waals surface area contributed by atoms with Crippen LogP contribution in [0.2, 0.25) is 0 Å². The molecular formula is C31H52N6O6. The van der Waals surface area contributed by atoms with E-state index in [1.54, 1.807) is 7.11 Å². The van der Waals surface area contributed by atoms with E-state index in [4.69, 9.17) is 23.9 Å². The molecule has 3 heterocycles. The van der Waals surface area contributed by atoms with Crippen molar-refractivity contribution in [2.24, 2.45) is 16.8 Å². The molecule has 4 fully saturated rings. The normalized spacial score (nSPS) is 27.0. The van der Waals surface area contributed by atoms with Crippen molar-refractivity contribution in [1.82, 2.24) is 20.4 Å². The number of methoxy groups -OCH3 is 1. The highest BCUT2D eigenvalue weighted by molar-refractivity contribution is 5.96. The van der Waals surface area contributed by atoms with Gasteiger partial charge in [0.05, 0.1) is 38.6 Å². The minimum Gasteiger partial charge on any atom is -0.449 e. The van der Waals surface area contributed by atoms with Gasteiger partial charge in [-0.3, -0.25) is 10.1 Å². The van der Waals surface area contributed by atoms with Crippen LogP contribution in [0.4, 0.5) is 4.79 Å². The molecule has 0 aromatic carbocycles. The SMILES string of the molecule is COCCOCCCN1CCC(C#N)(NC(=O)C(CC2CCCCC2)N=C2NC(=O)OCC(C)CC3CN2CCO3)CC1. The van der Waals surface area contributed by atoms with Gasteiger partial charge in [-0.25, -0.2) is 9.79 Å². The molecule has 4 aliphatic rings. The number of guanidine groups is 1. The summed E-state index contributed by atoms with van der Waals surface area (Å²) < 4.78 is 22.0. The van der Waals surface area contributed by atoms with Crippen molar-refractivity contribution < 1.29 is 28.5 Å². The molecule has 3 atom stereocenters. The number of morpholine rings is 1. The summed E-state index contributed by atoms with van der Waals surface area (Å²) in [6.07, 6.45) is 8.49. The van der Waals surface area contributed by atoms with Crippen LogP contribution in [0.25, 0.3) is 0 Å². The average molecular weight is 605 g/mol. The molecule has 4 rings (SSSR count). The first-order valence-corrected chi connectivity index (χ1v) is 16.3. The average Bonchev–Trinajstić information content (AvgIpc) is 3.02. The van der Waals surface area contributed by atoms with Crippen molar-refractivity contribution in [2.45, 2.75) is 88.8 Å². The molecule has 12 nitrogen and oxygen atoms in total. The van der Waals surface area contributed by atoms with E-state index in [2.05, 4.69) is 21.6 Å².